The van der Waals surface area contributed by atoms with E-state index in [0.29, 0.717) is 26.7 Å². The van der Waals surface area contributed by atoms with Gasteiger partial charge in [0.15, 0.2) is 16.5 Å². The average molecular weight is 368 g/mol. The second-order valence-corrected chi connectivity index (χ2v) is 6.60. The summed E-state index contributed by atoms with van der Waals surface area (Å²) in [6.45, 7) is 0. The monoisotopic (exact) mass is 368 g/mol. The standard InChI is InChI=1S/C19H16N2O4S/c1-23-14-8-11(9-15(24-2)17(14)25-3)10-16-18(22)21-13-7-5-4-6-12(13)20-19(21)26-16/h4-10H,1-3H3. The molecule has 7 heteroatoms. The molecule has 26 heavy (non-hydrogen) atoms. The molecule has 0 fully saturated rings. The number of ether oxygens (including phenoxy) is 3. The Morgan fingerprint density at radius 1 is 1.04 bits per heavy atom. The first-order chi connectivity index (χ1) is 12.7. The largest absolute Gasteiger partial charge is 0.493 e. The molecule has 132 valence electrons. The second kappa shape index (κ2) is 6.34. The Hall–Kier alpha value is -3.06. The maximum atomic E-state index is 12.9. The molecular formula is C19H16N2O4S. The molecule has 0 unspecified atom stereocenters. The molecule has 0 saturated heterocycles. The van der Waals surface area contributed by atoms with Gasteiger partial charge in [-0.2, -0.15) is 0 Å². The Morgan fingerprint density at radius 2 is 1.73 bits per heavy atom. The molecule has 2 aromatic carbocycles. The zero-order chi connectivity index (χ0) is 18.3. The van der Waals surface area contributed by atoms with E-state index in [-0.39, 0.29) is 5.56 Å². The highest BCUT2D eigenvalue weighted by atomic mass is 32.1. The van der Waals surface area contributed by atoms with Crippen LogP contribution in [0.15, 0.2) is 41.2 Å². The second-order valence-electron chi connectivity index (χ2n) is 5.59. The summed E-state index contributed by atoms with van der Waals surface area (Å²) >= 11 is 1.35. The summed E-state index contributed by atoms with van der Waals surface area (Å²) in [7, 11) is 4.68. The van der Waals surface area contributed by atoms with E-state index in [1.165, 1.54) is 11.3 Å². The highest BCUT2D eigenvalue weighted by molar-refractivity contribution is 7.15. The number of rotatable bonds is 4. The number of methoxy groups -OCH3 is 3. The maximum absolute atomic E-state index is 12.9. The van der Waals surface area contributed by atoms with Crippen LogP contribution in [0.5, 0.6) is 17.2 Å². The van der Waals surface area contributed by atoms with Crippen molar-refractivity contribution < 1.29 is 14.2 Å². The Balaban J connectivity index is 1.94. The van der Waals surface area contributed by atoms with Crippen LogP contribution in [-0.2, 0) is 0 Å². The molecule has 4 aromatic rings. The van der Waals surface area contributed by atoms with Crippen molar-refractivity contribution >= 4 is 33.4 Å². The molecule has 0 N–H and O–H groups in total. The van der Waals surface area contributed by atoms with Crippen LogP contribution in [0, 0.1) is 0 Å². The van der Waals surface area contributed by atoms with Crippen LogP contribution < -0.4 is 24.3 Å². The van der Waals surface area contributed by atoms with Crippen molar-refractivity contribution in [1.29, 1.82) is 0 Å². The van der Waals surface area contributed by atoms with E-state index in [9.17, 15) is 4.79 Å². The van der Waals surface area contributed by atoms with Crippen LogP contribution in [0.1, 0.15) is 5.56 Å². The third-order valence-corrected chi connectivity index (χ3v) is 5.10. The van der Waals surface area contributed by atoms with Gasteiger partial charge < -0.3 is 14.2 Å². The summed E-state index contributed by atoms with van der Waals surface area (Å²) in [5.74, 6) is 1.59. The average Bonchev–Trinajstić information content (AvgIpc) is 3.17. The predicted molar refractivity (Wildman–Crippen MR) is 102 cm³/mol. The summed E-state index contributed by atoms with van der Waals surface area (Å²) in [5, 5.41) is 0. The fraction of sp³-hybridized carbons (Fsp3) is 0.158. The number of nitrogens with zero attached hydrogens (tertiary/aromatic N) is 2. The molecular weight excluding hydrogens is 352 g/mol. The number of aromatic nitrogens is 2. The minimum absolute atomic E-state index is 0.0903. The van der Waals surface area contributed by atoms with Gasteiger partial charge in [0.25, 0.3) is 5.56 Å². The fourth-order valence-electron chi connectivity index (χ4n) is 2.95. The van der Waals surface area contributed by atoms with Gasteiger partial charge in [0.1, 0.15) is 0 Å². The van der Waals surface area contributed by atoms with Gasteiger partial charge in [0, 0.05) is 0 Å². The van der Waals surface area contributed by atoms with Crippen LogP contribution in [0.25, 0.3) is 22.1 Å². The highest BCUT2D eigenvalue weighted by Gasteiger charge is 2.14. The van der Waals surface area contributed by atoms with Crippen molar-refractivity contribution in [3.05, 3.63) is 56.8 Å². The van der Waals surface area contributed by atoms with E-state index < -0.39 is 0 Å². The van der Waals surface area contributed by atoms with Gasteiger partial charge in [-0.05, 0) is 35.9 Å². The molecule has 2 heterocycles. The van der Waals surface area contributed by atoms with Crippen LogP contribution in [0.2, 0.25) is 0 Å². The first-order valence-corrected chi connectivity index (χ1v) is 8.69. The minimum Gasteiger partial charge on any atom is -0.493 e. The van der Waals surface area contributed by atoms with Gasteiger partial charge >= 0.3 is 0 Å². The van der Waals surface area contributed by atoms with Crippen molar-refractivity contribution in [1.82, 2.24) is 9.38 Å². The van der Waals surface area contributed by atoms with Gasteiger partial charge in [-0.25, -0.2) is 9.38 Å². The summed E-state index contributed by atoms with van der Waals surface area (Å²) in [6.07, 6.45) is 1.81. The van der Waals surface area contributed by atoms with Crippen LogP contribution in [0.4, 0.5) is 0 Å². The number of thiazole rings is 1. The number of fused-ring (bicyclic) bond motifs is 3. The fourth-order valence-corrected chi connectivity index (χ4v) is 3.93. The predicted octanol–water partition coefficient (Wildman–Crippen LogP) is 2.48. The molecule has 0 atom stereocenters. The van der Waals surface area contributed by atoms with Gasteiger partial charge in [-0.15, -0.1) is 0 Å². The van der Waals surface area contributed by atoms with E-state index in [0.717, 1.165) is 16.6 Å². The molecule has 0 aliphatic heterocycles. The molecule has 4 rings (SSSR count). The Bertz CT molecular complexity index is 1200. The SMILES string of the molecule is COc1cc(C=c2sc3nc4ccccc4n3c2=O)cc(OC)c1OC. The van der Waals surface area contributed by atoms with E-state index >= 15 is 0 Å². The molecule has 0 radical (unpaired) electrons. The van der Waals surface area contributed by atoms with E-state index in [1.807, 2.05) is 24.3 Å². The lowest BCUT2D eigenvalue weighted by Crippen LogP contribution is -2.22. The van der Waals surface area contributed by atoms with E-state index in [2.05, 4.69) is 4.98 Å². The quantitative estimate of drug-likeness (QED) is 0.554. The Kier molecular flexibility index (Phi) is 4.00. The Morgan fingerprint density at radius 3 is 2.38 bits per heavy atom. The highest BCUT2D eigenvalue weighted by Crippen LogP contribution is 2.38. The normalized spacial score (nSPS) is 12.0. The number of imidazole rings is 1. The molecule has 0 aliphatic rings. The molecule has 0 spiro atoms. The summed E-state index contributed by atoms with van der Waals surface area (Å²) in [6, 6.07) is 11.2. The van der Waals surface area contributed by atoms with Gasteiger partial charge in [0.05, 0.1) is 36.9 Å². The lowest BCUT2D eigenvalue weighted by atomic mass is 10.1. The van der Waals surface area contributed by atoms with Crippen molar-refractivity contribution in [3.63, 3.8) is 0 Å². The third kappa shape index (κ3) is 2.48. The van der Waals surface area contributed by atoms with Gasteiger partial charge in [-0.1, -0.05) is 23.5 Å². The third-order valence-electron chi connectivity index (χ3n) is 4.13. The number of hydrogen-bond acceptors (Lipinski definition) is 6. The molecule has 0 amide bonds. The topological polar surface area (TPSA) is 62.1 Å². The van der Waals surface area contributed by atoms with Crippen molar-refractivity contribution in [2.24, 2.45) is 0 Å². The van der Waals surface area contributed by atoms with Crippen LogP contribution in [0.3, 0.4) is 0 Å². The molecule has 6 nitrogen and oxygen atoms in total. The molecule has 0 saturated carbocycles. The lowest BCUT2D eigenvalue weighted by Gasteiger charge is -2.12. The summed E-state index contributed by atoms with van der Waals surface area (Å²) in [5.41, 5.74) is 2.32. The smallest absolute Gasteiger partial charge is 0.274 e. The first-order valence-electron chi connectivity index (χ1n) is 7.88. The maximum Gasteiger partial charge on any atom is 0.274 e. The lowest BCUT2D eigenvalue weighted by molar-refractivity contribution is 0.324. The number of para-hydroxylation sites is 2. The zero-order valence-electron chi connectivity index (χ0n) is 14.5. The summed E-state index contributed by atoms with van der Waals surface area (Å²) < 4.78 is 18.3. The summed E-state index contributed by atoms with van der Waals surface area (Å²) in [4.78, 5) is 18.1. The zero-order valence-corrected chi connectivity index (χ0v) is 15.3. The van der Waals surface area contributed by atoms with E-state index in [4.69, 9.17) is 14.2 Å². The van der Waals surface area contributed by atoms with Crippen LogP contribution >= 0.6 is 11.3 Å². The molecule has 2 aromatic heterocycles. The number of benzene rings is 2. The Labute approximate surface area is 152 Å². The van der Waals surface area contributed by atoms with Gasteiger partial charge in [0.2, 0.25) is 5.75 Å². The van der Waals surface area contributed by atoms with Crippen molar-refractivity contribution in [2.45, 2.75) is 0 Å². The number of hydrogen-bond donors (Lipinski definition) is 0. The molecule has 0 bridgehead atoms. The molecule has 0 aliphatic carbocycles. The van der Waals surface area contributed by atoms with Crippen molar-refractivity contribution in [2.75, 3.05) is 21.3 Å². The van der Waals surface area contributed by atoms with Crippen molar-refractivity contribution in [3.8, 4) is 17.2 Å². The first kappa shape index (κ1) is 16.4. The van der Waals surface area contributed by atoms with Gasteiger partial charge in [-0.3, -0.25) is 4.79 Å². The van der Waals surface area contributed by atoms with E-state index in [1.54, 1.807) is 43.9 Å². The minimum atomic E-state index is -0.0903. The van der Waals surface area contributed by atoms with Crippen LogP contribution in [-0.4, -0.2) is 30.7 Å².